The number of aromatic nitrogens is 1. The average Bonchev–Trinajstić information content (AvgIpc) is 3.08. The molecule has 20 heavy (non-hydrogen) atoms. The lowest BCUT2D eigenvalue weighted by Gasteiger charge is -2.26. The molecule has 1 aromatic heterocycles. The van der Waals surface area contributed by atoms with Gasteiger partial charge in [0.2, 0.25) is 0 Å². The maximum Gasteiger partial charge on any atom is 0.107 e. The number of hydrogen-bond donors (Lipinski definition) is 1. The van der Waals surface area contributed by atoms with E-state index in [0.717, 1.165) is 25.7 Å². The highest BCUT2D eigenvalue weighted by Crippen LogP contribution is 2.19. The Bertz CT molecular complexity index is 389. The fourth-order valence-corrected chi connectivity index (χ4v) is 3.71. The summed E-state index contributed by atoms with van der Waals surface area (Å²) in [4.78, 5) is 9.85. The molecular weight excluding hydrogens is 268 g/mol. The zero-order chi connectivity index (χ0) is 14.4. The fourth-order valence-electron chi connectivity index (χ4n) is 2.96. The second-order valence-electron chi connectivity index (χ2n) is 5.41. The van der Waals surface area contributed by atoms with Gasteiger partial charge in [-0.15, -0.1) is 11.3 Å². The van der Waals surface area contributed by atoms with E-state index in [1.165, 1.54) is 43.3 Å². The van der Waals surface area contributed by atoms with Crippen LogP contribution in [0.1, 0.15) is 37.9 Å². The Balaban J connectivity index is 1.81. The smallest absolute Gasteiger partial charge is 0.107 e. The number of nitrogens with one attached hydrogen (secondary N) is 1. The number of thiazole rings is 1. The summed E-state index contributed by atoms with van der Waals surface area (Å²) in [6.45, 7) is 14.3. The van der Waals surface area contributed by atoms with Gasteiger partial charge in [0, 0.05) is 37.6 Å². The summed E-state index contributed by atoms with van der Waals surface area (Å²) < 4.78 is 0. The van der Waals surface area contributed by atoms with Gasteiger partial charge in [-0.3, -0.25) is 9.80 Å². The SMILES string of the molecule is CCNCc1nc(CN2CCC(N(CC)CC)C2)cs1. The minimum Gasteiger partial charge on any atom is -0.311 e. The summed E-state index contributed by atoms with van der Waals surface area (Å²) in [7, 11) is 0. The van der Waals surface area contributed by atoms with Crippen LogP contribution in [0.2, 0.25) is 0 Å². The third kappa shape index (κ3) is 4.25. The molecule has 2 rings (SSSR count). The summed E-state index contributed by atoms with van der Waals surface area (Å²) in [6.07, 6.45) is 1.30. The number of rotatable bonds is 8. The third-order valence-corrected chi connectivity index (χ3v) is 4.99. The second-order valence-corrected chi connectivity index (χ2v) is 6.35. The van der Waals surface area contributed by atoms with Crippen molar-refractivity contribution in [3.05, 3.63) is 16.1 Å². The lowest BCUT2D eigenvalue weighted by atomic mass is 10.2. The van der Waals surface area contributed by atoms with Gasteiger partial charge in [0.1, 0.15) is 5.01 Å². The largest absolute Gasteiger partial charge is 0.311 e. The van der Waals surface area contributed by atoms with Gasteiger partial charge in [0.25, 0.3) is 0 Å². The van der Waals surface area contributed by atoms with Crippen LogP contribution in [0, 0.1) is 0 Å². The Labute approximate surface area is 127 Å². The van der Waals surface area contributed by atoms with Gasteiger partial charge < -0.3 is 5.32 Å². The molecule has 0 amide bonds. The van der Waals surface area contributed by atoms with Gasteiger partial charge in [-0.2, -0.15) is 0 Å². The predicted octanol–water partition coefficient (Wildman–Crippen LogP) is 2.17. The Morgan fingerprint density at radius 1 is 1.40 bits per heavy atom. The van der Waals surface area contributed by atoms with Crippen molar-refractivity contribution in [2.75, 3.05) is 32.7 Å². The van der Waals surface area contributed by atoms with Gasteiger partial charge >= 0.3 is 0 Å². The molecule has 0 saturated carbocycles. The Morgan fingerprint density at radius 2 is 2.20 bits per heavy atom. The molecule has 1 atom stereocenters. The van der Waals surface area contributed by atoms with Gasteiger partial charge in [-0.25, -0.2) is 4.98 Å². The normalized spacial score (nSPS) is 20.1. The van der Waals surface area contributed by atoms with E-state index in [2.05, 4.69) is 41.3 Å². The van der Waals surface area contributed by atoms with Crippen molar-refractivity contribution < 1.29 is 0 Å². The molecule has 0 spiro atoms. The van der Waals surface area contributed by atoms with E-state index in [4.69, 9.17) is 4.98 Å². The van der Waals surface area contributed by atoms with Crippen LogP contribution in [0.5, 0.6) is 0 Å². The maximum atomic E-state index is 4.72. The van der Waals surface area contributed by atoms with Crippen molar-refractivity contribution in [3.8, 4) is 0 Å². The van der Waals surface area contributed by atoms with Crippen LogP contribution in [-0.4, -0.2) is 53.5 Å². The molecule has 114 valence electrons. The van der Waals surface area contributed by atoms with Crippen molar-refractivity contribution in [3.63, 3.8) is 0 Å². The zero-order valence-corrected chi connectivity index (χ0v) is 13.9. The molecule has 1 aliphatic heterocycles. The van der Waals surface area contributed by atoms with Crippen molar-refractivity contribution >= 4 is 11.3 Å². The molecule has 4 nitrogen and oxygen atoms in total. The topological polar surface area (TPSA) is 31.4 Å². The van der Waals surface area contributed by atoms with E-state index in [9.17, 15) is 0 Å². The van der Waals surface area contributed by atoms with Crippen molar-refractivity contribution in [1.82, 2.24) is 20.1 Å². The fraction of sp³-hybridized carbons (Fsp3) is 0.800. The average molecular weight is 296 g/mol. The summed E-state index contributed by atoms with van der Waals surface area (Å²) in [5.74, 6) is 0. The number of nitrogens with zero attached hydrogens (tertiary/aromatic N) is 3. The van der Waals surface area contributed by atoms with Crippen LogP contribution in [0.4, 0.5) is 0 Å². The molecule has 0 aromatic carbocycles. The second kappa shape index (κ2) is 8.08. The van der Waals surface area contributed by atoms with E-state index in [1.54, 1.807) is 11.3 Å². The van der Waals surface area contributed by atoms with Gasteiger partial charge in [0.05, 0.1) is 5.69 Å². The summed E-state index contributed by atoms with van der Waals surface area (Å²) >= 11 is 1.78. The first kappa shape index (κ1) is 15.9. The first-order chi connectivity index (χ1) is 9.76. The van der Waals surface area contributed by atoms with E-state index < -0.39 is 0 Å². The van der Waals surface area contributed by atoms with Crippen LogP contribution in [0.25, 0.3) is 0 Å². The van der Waals surface area contributed by atoms with Crippen LogP contribution in [0.15, 0.2) is 5.38 Å². The molecule has 5 heteroatoms. The summed E-state index contributed by atoms with van der Waals surface area (Å²) in [6, 6.07) is 0.741. The zero-order valence-electron chi connectivity index (χ0n) is 13.1. The highest BCUT2D eigenvalue weighted by atomic mass is 32.1. The summed E-state index contributed by atoms with van der Waals surface area (Å²) in [5.41, 5.74) is 1.24. The third-order valence-electron chi connectivity index (χ3n) is 4.09. The van der Waals surface area contributed by atoms with Crippen molar-refractivity contribution in [2.24, 2.45) is 0 Å². The first-order valence-corrected chi connectivity index (χ1v) is 8.75. The summed E-state index contributed by atoms with van der Waals surface area (Å²) in [5, 5.41) is 6.77. The van der Waals surface area contributed by atoms with Crippen LogP contribution in [0.3, 0.4) is 0 Å². The molecule has 0 aliphatic carbocycles. The molecule has 1 fully saturated rings. The first-order valence-electron chi connectivity index (χ1n) is 7.87. The van der Waals surface area contributed by atoms with Gasteiger partial charge in [-0.1, -0.05) is 20.8 Å². The molecule has 1 N–H and O–H groups in total. The number of likely N-dealkylation sites (tertiary alicyclic amines) is 1. The molecular formula is C15H28N4S. The number of hydrogen-bond acceptors (Lipinski definition) is 5. The van der Waals surface area contributed by atoms with E-state index in [-0.39, 0.29) is 0 Å². The highest BCUT2D eigenvalue weighted by molar-refractivity contribution is 7.09. The standard InChI is InChI=1S/C15H28N4S/c1-4-16-9-15-17-13(12-20-15)10-18-8-7-14(11-18)19(5-2)6-3/h12,14,16H,4-11H2,1-3H3. The lowest BCUT2D eigenvalue weighted by Crippen LogP contribution is -2.37. The molecule has 2 heterocycles. The van der Waals surface area contributed by atoms with Crippen LogP contribution >= 0.6 is 11.3 Å². The molecule has 0 bridgehead atoms. The van der Waals surface area contributed by atoms with Crippen LogP contribution in [-0.2, 0) is 13.1 Å². The molecule has 1 aliphatic rings. The van der Waals surface area contributed by atoms with Crippen molar-refractivity contribution in [2.45, 2.75) is 46.3 Å². The number of likely N-dealkylation sites (N-methyl/N-ethyl adjacent to an activating group) is 1. The van der Waals surface area contributed by atoms with E-state index >= 15 is 0 Å². The van der Waals surface area contributed by atoms with E-state index in [1.807, 2.05) is 0 Å². The lowest BCUT2D eigenvalue weighted by molar-refractivity contribution is 0.208. The minimum atomic E-state index is 0.741. The van der Waals surface area contributed by atoms with Gasteiger partial charge in [0.15, 0.2) is 0 Å². The Hall–Kier alpha value is -0.490. The van der Waals surface area contributed by atoms with E-state index in [0.29, 0.717) is 0 Å². The molecule has 1 unspecified atom stereocenters. The van der Waals surface area contributed by atoms with Gasteiger partial charge in [-0.05, 0) is 26.1 Å². The Kier molecular flexibility index (Phi) is 6.42. The Morgan fingerprint density at radius 3 is 2.90 bits per heavy atom. The van der Waals surface area contributed by atoms with Crippen molar-refractivity contribution in [1.29, 1.82) is 0 Å². The van der Waals surface area contributed by atoms with Crippen LogP contribution < -0.4 is 5.32 Å². The maximum absolute atomic E-state index is 4.72. The highest BCUT2D eigenvalue weighted by Gasteiger charge is 2.26. The monoisotopic (exact) mass is 296 g/mol. The molecule has 1 saturated heterocycles. The molecule has 0 radical (unpaired) electrons. The predicted molar refractivity (Wildman–Crippen MR) is 86.1 cm³/mol. The quantitative estimate of drug-likeness (QED) is 0.797. The minimum absolute atomic E-state index is 0.741. The molecule has 1 aromatic rings.